The molecule has 4 rings (SSSR count). The highest BCUT2D eigenvalue weighted by Gasteiger charge is 2.22. The van der Waals surface area contributed by atoms with Gasteiger partial charge in [0.25, 0.3) is 5.91 Å². The first-order valence-corrected chi connectivity index (χ1v) is 9.95. The third-order valence-electron chi connectivity index (χ3n) is 5.07. The van der Waals surface area contributed by atoms with Crippen molar-refractivity contribution in [2.45, 2.75) is 26.8 Å². The molecule has 30 heavy (non-hydrogen) atoms. The minimum atomic E-state index is -0.263. The molecule has 2 aromatic carbocycles. The van der Waals surface area contributed by atoms with E-state index >= 15 is 0 Å². The van der Waals surface area contributed by atoms with Crippen LogP contribution in [-0.2, 0) is 13.0 Å². The topological polar surface area (TPSA) is 72.7 Å². The lowest BCUT2D eigenvalue weighted by Crippen LogP contribution is -2.24. The van der Waals surface area contributed by atoms with Gasteiger partial charge in [-0.25, -0.2) is 4.68 Å². The predicted octanol–water partition coefficient (Wildman–Crippen LogP) is 4.13. The monoisotopic (exact) mass is 397 g/mol. The number of pyridine rings is 1. The summed E-state index contributed by atoms with van der Waals surface area (Å²) in [6, 6.07) is 19.8. The van der Waals surface area contributed by atoms with E-state index in [-0.39, 0.29) is 11.6 Å². The Balaban J connectivity index is 1.67. The Bertz CT molecular complexity index is 1150. The van der Waals surface area contributed by atoms with Gasteiger partial charge in [0.15, 0.2) is 5.69 Å². The van der Waals surface area contributed by atoms with Crippen LogP contribution in [0.25, 0.3) is 16.9 Å². The molecule has 6 heteroatoms. The average molecular weight is 397 g/mol. The third-order valence-corrected chi connectivity index (χ3v) is 5.07. The molecule has 0 bridgehead atoms. The number of carbonyl (C=O) groups is 1. The molecule has 1 N–H and O–H groups in total. The number of rotatable bonds is 6. The van der Waals surface area contributed by atoms with E-state index in [1.54, 1.807) is 17.1 Å². The van der Waals surface area contributed by atoms with Crippen LogP contribution in [-0.4, -0.2) is 25.9 Å². The molecule has 0 aliphatic rings. The number of carbonyl (C=O) groups excluding carboxylic acids is 1. The Labute approximate surface area is 175 Å². The standard InChI is InChI=1S/C24H23N5O/c1-3-18-8-10-19(11-9-18)16-26-24(30)22-23(20-12-14-25-15-13-20)29(28-27-22)21-7-5-4-6-17(21)2/h4-15H,3,16H2,1-2H3,(H,26,30). The van der Waals surface area contributed by atoms with Gasteiger partial charge >= 0.3 is 0 Å². The van der Waals surface area contributed by atoms with E-state index < -0.39 is 0 Å². The van der Waals surface area contributed by atoms with Crippen LogP contribution in [0, 0.1) is 6.92 Å². The number of aryl methyl sites for hydroxylation is 2. The molecule has 0 unspecified atom stereocenters. The molecular formula is C24H23N5O. The van der Waals surface area contributed by atoms with E-state index in [4.69, 9.17) is 0 Å². The average Bonchev–Trinajstić information content (AvgIpc) is 3.24. The zero-order chi connectivity index (χ0) is 20.9. The van der Waals surface area contributed by atoms with E-state index in [0.717, 1.165) is 28.8 Å². The smallest absolute Gasteiger partial charge is 0.274 e. The molecular weight excluding hydrogens is 374 g/mol. The van der Waals surface area contributed by atoms with Gasteiger partial charge in [-0.05, 0) is 48.2 Å². The number of amides is 1. The highest BCUT2D eigenvalue weighted by Crippen LogP contribution is 2.26. The van der Waals surface area contributed by atoms with Crippen LogP contribution in [0.1, 0.15) is 34.1 Å². The van der Waals surface area contributed by atoms with Gasteiger partial charge in [0, 0.05) is 24.5 Å². The highest BCUT2D eigenvalue weighted by atomic mass is 16.2. The minimum absolute atomic E-state index is 0.263. The molecule has 1 amide bonds. The molecule has 150 valence electrons. The van der Waals surface area contributed by atoms with Crippen molar-refractivity contribution < 1.29 is 4.79 Å². The maximum Gasteiger partial charge on any atom is 0.274 e. The second-order valence-corrected chi connectivity index (χ2v) is 7.07. The molecule has 0 radical (unpaired) electrons. The third kappa shape index (κ3) is 3.98. The van der Waals surface area contributed by atoms with E-state index in [0.29, 0.717) is 12.2 Å². The predicted molar refractivity (Wildman–Crippen MR) is 116 cm³/mol. The van der Waals surface area contributed by atoms with Crippen LogP contribution in [0.3, 0.4) is 0 Å². The molecule has 0 saturated heterocycles. The first-order chi connectivity index (χ1) is 14.7. The summed E-state index contributed by atoms with van der Waals surface area (Å²) >= 11 is 0. The van der Waals surface area contributed by atoms with Gasteiger partial charge in [-0.3, -0.25) is 9.78 Å². The summed E-state index contributed by atoms with van der Waals surface area (Å²) in [7, 11) is 0. The lowest BCUT2D eigenvalue weighted by atomic mass is 10.1. The lowest BCUT2D eigenvalue weighted by molar-refractivity contribution is 0.0946. The molecule has 2 aromatic heterocycles. The van der Waals surface area contributed by atoms with Crippen LogP contribution in [0.5, 0.6) is 0 Å². The van der Waals surface area contributed by atoms with Crippen molar-refractivity contribution in [3.05, 3.63) is 95.4 Å². The highest BCUT2D eigenvalue weighted by molar-refractivity contribution is 5.98. The maximum absolute atomic E-state index is 13.0. The fourth-order valence-corrected chi connectivity index (χ4v) is 3.33. The molecule has 0 fully saturated rings. The van der Waals surface area contributed by atoms with Crippen LogP contribution in [0.2, 0.25) is 0 Å². The Kier molecular flexibility index (Phi) is 5.66. The molecule has 0 aliphatic carbocycles. The summed E-state index contributed by atoms with van der Waals surface area (Å²) in [6.45, 7) is 4.55. The molecule has 6 nitrogen and oxygen atoms in total. The normalized spacial score (nSPS) is 10.7. The first kappa shape index (κ1) is 19.5. The molecule has 0 saturated carbocycles. The van der Waals surface area contributed by atoms with Crippen molar-refractivity contribution in [1.82, 2.24) is 25.3 Å². The summed E-state index contributed by atoms with van der Waals surface area (Å²) in [5.74, 6) is -0.263. The van der Waals surface area contributed by atoms with Gasteiger partial charge in [0.2, 0.25) is 0 Å². The summed E-state index contributed by atoms with van der Waals surface area (Å²) in [5.41, 5.74) is 5.99. The van der Waals surface area contributed by atoms with Gasteiger partial charge < -0.3 is 5.32 Å². The molecule has 0 atom stereocenters. The van der Waals surface area contributed by atoms with Gasteiger partial charge in [-0.1, -0.05) is 54.6 Å². The Morgan fingerprint density at radius 1 is 0.967 bits per heavy atom. The Hall–Kier alpha value is -3.80. The largest absolute Gasteiger partial charge is 0.346 e. The van der Waals surface area contributed by atoms with E-state index in [2.05, 4.69) is 39.7 Å². The quantitative estimate of drug-likeness (QED) is 0.531. The van der Waals surface area contributed by atoms with Gasteiger partial charge in [-0.2, -0.15) is 0 Å². The molecule has 0 spiro atoms. The maximum atomic E-state index is 13.0. The summed E-state index contributed by atoms with van der Waals surface area (Å²) in [5, 5.41) is 11.5. The Morgan fingerprint density at radius 3 is 2.37 bits per heavy atom. The minimum Gasteiger partial charge on any atom is -0.346 e. The SMILES string of the molecule is CCc1ccc(CNC(=O)c2nnn(-c3ccccc3C)c2-c2ccncc2)cc1. The summed E-state index contributed by atoms with van der Waals surface area (Å²) in [6.07, 6.45) is 4.38. The zero-order valence-electron chi connectivity index (χ0n) is 17.0. The number of benzene rings is 2. The lowest BCUT2D eigenvalue weighted by Gasteiger charge is -2.11. The van der Waals surface area contributed by atoms with Gasteiger partial charge in [-0.15, -0.1) is 5.10 Å². The number of nitrogens with one attached hydrogen (secondary N) is 1. The second-order valence-electron chi connectivity index (χ2n) is 7.07. The van der Waals surface area contributed by atoms with E-state index in [1.165, 1.54) is 5.56 Å². The van der Waals surface area contributed by atoms with Crippen LogP contribution in [0.15, 0.2) is 73.1 Å². The fourth-order valence-electron chi connectivity index (χ4n) is 3.33. The molecule has 4 aromatic rings. The summed E-state index contributed by atoms with van der Waals surface area (Å²) < 4.78 is 1.72. The van der Waals surface area contributed by atoms with Crippen LogP contribution >= 0.6 is 0 Å². The van der Waals surface area contributed by atoms with Crippen molar-refractivity contribution >= 4 is 5.91 Å². The van der Waals surface area contributed by atoms with E-state index in [1.807, 2.05) is 55.5 Å². The second kappa shape index (κ2) is 8.69. The number of hydrogen-bond donors (Lipinski definition) is 1. The summed E-state index contributed by atoms with van der Waals surface area (Å²) in [4.78, 5) is 17.1. The zero-order valence-corrected chi connectivity index (χ0v) is 17.0. The molecule has 2 heterocycles. The van der Waals surface area contributed by atoms with Crippen molar-refractivity contribution in [2.24, 2.45) is 0 Å². The van der Waals surface area contributed by atoms with Crippen molar-refractivity contribution in [3.63, 3.8) is 0 Å². The number of nitrogens with zero attached hydrogens (tertiary/aromatic N) is 4. The molecule has 0 aliphatic heterocycles. The fraction of sp³-hybridized carbons (Fsp3) is 0.167. The first-order valence-electron chi connectivity index (χ1n) is 9.95. The number of para-hydroxylation sites is 1. The van der Waals surface area contributed by atoms with Crippen LogP contribution in [0.4, 0.5) is 0 Å². The van der Waals surface area contributed by atoms with Gasteiger partial charge in [0.05, 0.1) is 5.69 Å². The van der Waals surface area contributed by atoms with Gasteiger partial charge in [0.1, 0.15) is 5.69 Å². The van der Waals surface area contributed by atoms with Crippen molar-refractivity contribution in [1.29, 1.82) is 0 Å². The van der Waals surface area contributed by atoms with Crippen LogP contribution < -0.4 is 5.32 Å². The number of hydrogen-bond acceptors (Lipinski definition) is 4. The van der Waals surface area contributed by atoms with Crippen molar-refractivity contribution in [3.8, 4) is 16.9 Å². The van der Waals surface area contributed by atoms with E-state index in [9.17, 15) is 4.79 Å². The van der Waals surface area contributed by atoms with Crippen molar-refractivity contribution in [2.75, 3.05) is 0 Å². The Morgan fingerprint density at radius 2 is 1.67 bits per heavy atom. The number of aromatic nitrogens is 4.